The Morgan fingerprint density at radius 1 is 1.09 bits per heavy atom. The van der Waals surface area contributed by atoms with Crippen LogP contribution in [-0.4, -0.2) is 25.1 Å². The highest BCUT2D eigenvalue weighted by molar-refractivity contribution is 7.20. The van der Waals surface area contributed by atoms with Crippen molar-refractivity contribution in [3.8, 4) is 5.69 Å². The van der Waals surface area contributed by atoms with E-state index in [2.05, 4.69) is 10.1 Å². The van der Waals surface area contributed by atoms with Gasteiger partial charge in [0.25, 0.3) is 5.56 Å². The Morgan fingerprint density at radius 2 is 1.84 bits per heavy atom. The average molecular weight is 485 g/mol. The topological polar surface area (TPSA) is 78.5 Å². The number of ether oxygens (including phenoxy) is 1. The molecule has 0 fully saturated rings. The molecule has 0 aliphatic heterocycles. The van der Waals surface area contributed by atoms with E-state index in [-0.39, 0.29) is 12.2 Å². The molecule has 1 aromatic carbocycles. The van der Waals surface area contributed by atoms with Crippen LogP contribution in [0.4, 0.5) is 0 Å². The third-order valence-corrected chi connectivity index (χ3v) is 6.41. The molecule has 7 nitrogen and oxygen atoms in total. The van der Waals surface area contributed by atoms with Crippen LogP contribution in [0.5, 0.6) is 0 Å². The quantitative estimate of drug-likeness (QED) is 0.333. The molecule has 0 aliphatic rings. The van der Waals surface area contributed by atoms with Crippen LogP contribution < -0.4 is 5.56 Å². The molecule has 160 valence electrons. The molecule has 0 spiro atoms. The molecule has 4 heterocycles. The van der Waals surface area contributed by atoms with Gasteiger partial charge in [0.2, 0.25) is 0 Å². The molecule has 0 atom stereocenters. The number of nitrogens with zero attached hydrogens (tertiary/aromatic N) is 4. The van der Waals surface area contributed by atoms with E-state index in [1.54, 1.807) is 35.0 Å². The third kappa shape index (κ3) is 3.77. The Labute approximate surface area is 195 Å². The Morgan fingerprint density at radius 3 is 2.62 bits per heavy atom. The molecule has 0 saturated heterocycles. The molecule has 5 aromatic rings. The second kappa shape index (κ2) is 8.05. The normalized spacial score (nSPS) is 11.3. The summed E-state index contributed by atoms with van der Waals surface area (Å²) >= 11 is 13.2. The number of hydrogen-bond donors (Lipinski definition) is 0. The summed E-state index contributed by atoms with van der Waals surface area (Å²) in [7, 11) is 0. The van der Waals surface area contributed by atoms with E-state index in [4.69, 9.17) is 27.9 Å². The van der Waals surface area contributed by atoms with Gasteiger partial charge in [-0.3, -0.25) is 9.20 Å². The number of esters is 1. The van der Waals surface area contributed by atoms with Crippen molar-refractivity contribution in [3.63, 3.8) is 0 Å². The Balaban J connectivity index is 1.40. The number of carbonyl (C=O) groups excluding carboxylic acids is 1. The van der Waals surface area contributed by atoms with Crippen LogP contribution >= 0.6 is 34.5 Å². The van der Waals surface area contributed by atoms with Crippen LogP contribution in [0.25, 0.3) is 21.6 Å². The van der Waals surface area contributed by atoms with Crippen molar-refractivity contribution >= 4 is 56.4 Å². The van der Waals surface area contributed by atoms with E-state index < -0.39 is 5.97 Å². The van der Waals surface area contributed by atoms with Gasteiger partial charge >= 0.3 is 5.97 Å². The fourth-order valence-electron chi connectivity index (χ4n) is 3.32. The average Bonchev–Trinajstić information content (AvgIpc) is 3.34. The van der Waals surface area contributed by atoms with Crippen LogP contribution in [0.1, 0.15) is 21.1 Å². The molecule has 0 aliphatic carbocycles. The van der Waals surface area contributed by atoms with Crippen molar-refractivity contribution in [2.24, 2.45) is 0 Å². The minimum Gasteiger partial charge on any atom is -0.455 e. The van der Waals surface area contributed by atoms with Gasteiger partial charge in [-0.1, -0.05) is 23.2 Å². The third-order valence-electron chi connectivity index (χ3n) is 4.84. The minimum atomic E-state index is -0.494. The summed E-state index contributed by atoms with van der Waals surface area (Å²) in [6.07, 6.45) is 1.49. The van der Waals surface area contributed by atoms with Gasteiger partial charge in [0.15, 0.2) is 0 Å². The molecule has 32 heavy (non-hydrogen) atoms. The maximum absolute atomic E-state index is 12.7. The van der Waals surface area contributed by atoms with Crippen molar-refractivity contribution in [2.45, 2.75) is 13.5 Å². The molecule has 0 radical (unpaired) electrons. The van der Waals surface area contributed by atoms with Crippen molar-refractivity contribution < 1.29 is 9.53 Å². The van der Waals surface area contributed by atoms with Gasteiger partial charge in [0, 0.05) is 22.7 Å². The van der Waals surface area contributed by atoms with Crippen LogP contribution in [0, 0.1) is 6.92 Å². The number of hydrogen-bond acceptors (Lipinski definition) is 6. The lowest BCUT2D eigenvalue weighted by Gasteiger charge is -2.05. The largest absolute Gasteiger partial charge is 0.455 e. The first-order valence-corrected chi connectivity index (χ1v) is 11.1. The zero-order chi connectivity index (χ0) is 22.4. The maximum Gasteiger partial charge on any atom is 0.348 e. The summed E-state index contributed by atoms with van der Waals surface area (Å²) in [5.41, 5.74) is 2.12. The predicted molar refractivity (Wildman–Crippen MR) is 124 cm³/mol. The second-order valence-electron chi connectivity index (χ2n) is 7.04. The van der Waals surface area contributed by atoms with Crippen LogP contribution in [0.15, 0.2) is 59.5 Å². The lowest BCUT2D eigenvalue weighted by Crippen LogP contribution is -2.16. The molecule has 0 bridgehead atoms. The molecule has 5 rings (SSSR count). The molecule has 0 N–H and O–H groups in total. The minimum absolute atomic E-state index is 0.121. The molecule has 4 aromatic heterocycles. The van der Waals surface area contributed by atoms with Gasteiger partial charge in [-0.2, -0.15) is 5.10 Å². The van der Waals surface area contributed by atoms with Gasteiger partial charge in [0.05, 0.1) is 22.1 Å². The summed E-state index contributed by atoms with van der Waals surface area (Å²) in [6, 6.07) is 13.7. The number of thiophene rings is 1. The number of carbonyl (C=O) groups is 1. The number of aryl methyl sites for hydroxylation is 1. The monoisotopic (exact) mass is 484 g/mol. The van der Waals surface area contributed by atoms with E-state index in [1.165, 1.54) is 28.0 Å². The Hall–Kier alpha value is -3.20. The SMILES string of the molecule is Cc1nn(-c2ccc(Cl)cc2)c2sc(C(=O)OCc3cc(=O)n4cc(Cl)ccc4n3)cc12. The summed E-state index contributed by atoms with van der Waals surface area (Å²) in [4.78, 5) is 30.6. The van der Waals surface area contributed by atoms with Crippen LogP contribution in [0.3, 0.4) is 0 Å². The molecule has 10 heteroatoms. The maximum atomic E-state index is 12.7. The number of fused-ring (bicyclic) bond motifs is 2. The fraction of sp³-hybridized carbons (Fsp3) is 0.0909. The summed E-state index contributed by atoms with van der Waals surface area (Å²) in [5.74, 6) is -0.494. The summed E-state index contributed by atoms with van der Waals surface area (Å²) in [5, 5.41) is 6.50. The standard InChI is InChI=1S/C22H14Cl2N4O3S/c1-12-17-9-18(32-21(17)28(26-12)16-5-2-13(23)3-6-16)22(30)31-11-15-8-20(29)27-10-14(24)4-7-19(27)25-15/h2-10H,11H2,1H3. The zero-order valence-electron chi connectivity index (χ0n) is 16.6. The van der Waals surface area contributed by atoms with Gasteiger partial charge in [-0.25, -0.2) is 14.5 Å². The van der Waals surface area contributed by atoms with Crippen molar-refractivity contribution in [3.05, 3.63) is 91.4 Å². The van der Waals surface area contributed by atoms with Crippen LogP contribution in [-0.2, 0) is 11.3 Å². The molecule has 0 unspecified atom stereocenters. The first-order chi connectivity index (χ1) is 15.4. The lowest BCUT2D eigenvalue weighted by atomic mass is 10.3. The van der Waals surface area contributed by atoms with Crippen LogP contribution in [0.2, 0.25) is 10.0 Å². The highest BCUT2D eigenvalue weighted by atomic mass is 35.5. The van der Waals surface area contributed by atoms with Crippen molar-refractivity contribution in [1.29, 1.82) is 0 Å². The Kier molecular flexibility index (Phi) is 5.21. The zero-order valence-corrected chi connectivity index (χ0v) is 18.9. The number of aromatic nitrogens is 4. The molecule has 0 amide bonds. The van der Waals surface area contributed by atoms with Gasteiger partial charge in [-0.05, 0) is 49.4 Å². The second-order valence-corrected chi connectivity index (χ2v) is 8.94. The number of rotatable bonds is 4. The highest BCUT2D eigenvalue weighted by Crippen LogP contribution is 2.31. The van der Waals surface area contributed by atoms with Gasteiger partial charge in [-0.15, -0.1) is 11.3 Å². The summed E-state index contributed by atoms with van der Waals surface area (Å²) < 4.78 is 8.54. The van der Waals surface area contributed by atoms with E-state index >= 15 is 0 Å². The van der Waals surface area contributed by atoms with E-state index in [0.29, 0.717) is 26.3 Å². The Bertz CT molecular complexity index is 1550. The van der Waals surface area contributed by atoms with E-state index in [0.717, 1.165) is 21.6 Å². The van der Waals surface area contributed by atoms with Crippen molar-refractivity contribution in [2.75, 3.05) is 0 Å². The predicted octanol–water partition coefficient (Wildman–Crippen LogP) is 5.07. The number of halogens is 2. The first kappa shape index (κ1) is 20.7. The molecular weight excluding hydrogens is 471 g/mol. The van der Waals surface area contributed by atoms with E-state index in [9.17, 15) is 9.59 Å². The fourth-order valence-corrected chi connectivity index (χ4v) is 4.68. The van der Waals surface area contributed by atoms with Gasteiger partial charge in [0.1, 0.15) is 22.0 Å². The lowest BCUT2D eigenvalue weighted by molar-refractivity contribution is 0.0473. The van der Waals surface area contributed by atoms with Gasteiger partial charge < -0.3 is 4.74 Å². The molecule has 0 saturated carbocycles. The van der Waals surface area contributed by atoms with E-state index in [1.807, 2.05) is 19.1 Å². The first-order valence-electron chi connectivity index (χ1n) is 9.49. The molecular formula is C22H14Cl2N4O3S. The van der Waals surface area contributed by atoms with Crippen molar-refractivity contribution in [1.82, 2.24) is 19.2 Å². The smallest absolute Gasteiger partial charge is 0.348 e. The highest BCUT2D eigenvalue weighted by Gasteiger charge is 2.18. The number of benzene rings is 1. The number of pyridine rings is 1. The summed E-state index contributed by atoms with van der Waals surface area (Å²) in [6.45, 7) is 1.76.